The lowest BCUT2D eigenvalue weighted by molar-refractivity contribution is 0.231. The van der Waals surface area contributed by atoms with Crippen molar-refractivity contribution < 1.29 is 13.5 Å². The average molecular weight is 312 g/mol. The summed E-state index contributed by atoms with van der Waals surface area (Å²) in [6.07, 6.45) is 4.01. The Balaban J connectivity index is 2.08. The molecule has 1 unspecified atom stereocenters. The van der Waals surface area contributed by atoms with Crippen LogP contribution in [0.4, 0.5) is 8.78 Å². The van der Waals surface area contributed by atoms with Crippen LogP contribution in [0.3, 0.4) is 0 Å². The molecule has 0 heterocycles. The van der Waals surface area contributed by atoms with Crippen molar-refractivity contribution in [1.29, 1.82) is 0 Å². The summed E-state index contributed by atoms with van der Waals surface area (Å²) in [5.74, 6) is 0.189. The van der Waals surface area contributed by atoms with Crippen molar-refractivity contribution in [3.8, 4) is 16.9 Å². The Bertz CT molecular complexity index is 764. The molecule has 0 saturated heterocycles. The van der Waals surface area contributed by atoms with E-state index < -0.39 is 11.5 Å². The lowest BCUT2D eigenvalue weighted by Crippen LogP contribution is -2.19. The highest BCUT2D eigenvalue weighted by atomic mass is 19.1. The van der Waals surface area contributed by atoms with Gasteiger partial charge in [0.1, 0.15) is 11.6 Å². The fraction of sp³-hybridized carbons (Fsp3) is 0.200. The molecule has 118 valence electrons. The van der Waals surface area contributed by atoms with Gasteiger partial charge in [-0.15, -0.1) is 0 Å². The van der Waals surface area contributed by atoms with Gasteiger partial charge in [0.25, 0.3) is 0 Å². The third-order valence-corrected chi connectivity index (χ3v) is 3.89. The van der Waals surface area contributed by atoms with Crippen LogP contribution in [0.5, 0.6) is 5.75 Å². The van der Waals surface area contributed by atoms with E-state index in [1.807, 2.05) is 43.3 Å². The molecule has 1 atom stereocenters. The van der Waals surface area contributed by atoms with E-state index in [2.05, 4.69) is 0 Å². The van der Waals surface area contributed by atoms with Gasteiger partial charge in [0.15, 0.2) is 5.67 Å². The van der Waals surface area contributed by atoms with Gasteiger partial charge in [-0.3, -0.25) is 0 Å². The minimum absolute atomic E-state index is 0.128. The Hall–Kier alpha value is -2.42. The molecular weight excluding hydrogens is 294 g/mol. The number of benzene rings is 2. The van der Waals surface area contributed by atoms with Crippen molar-refractivity contribution in [2.24, 2.45) is 0 Å². The predicted octanol–water partition coefficient (Wildman–Crippen LogP) is 5.73. The summed E-state index contributed by atoms with van der Waals surface area (Å²) in [5.41, 5.74) is 0.229. The molecule has 0 saturated carbocycles. The van der Waals surface area contributed by atoms with E-state index in [9.17, 15) is 4.39 Å². The summed E-state index contributed by atoms with van der Waals surface area (Å²) in [7, 11) is 0. The van der Waals surface area contributed by atoms with Gasteiger partial charge in [0.2, 0.25) is 0 Å². The Morgan fingerprint density at radius 2 is 1.96 bits per heavy atom. The third-order valence-electron chi connectivity index (χ3n) is 3.89. The highest BCUT2D eigenvalue weighted by Gasteiger charge is 2.33. The van der Waals surface area contributed by atoms with Gasteiger partial charge in [-0.25, -0.2) is 8.78 Å². The fourth-order valence-electron chi connectivity index (χ4n) is 2.87. The molecule has 0 radical (unpaired) electrons. The van der Waals surface area contributed by atoms with Gasteiger partial charge in [0.05, 0.1) is 6.61 Å². The summed E-state index contributed by atoms with van der Waals surface area (Å²) in [5, 5.41) is 0. The number of hydrogen-bond donors (Lipinski definition) is 0. The summed E-state index contributed by atoms with van der Waals surface area (Å²) in [6.45, 7) is 2.48. The SMILES string of the molecule is CCOc1cccc(-c2ccccc2C2(F)C=C(F)C=CC2)c1. The van der Waals surface area contributed by atoms with Crippen LogP contribution in [-0.2, 0) is 5.67 Å². The molecule has 3 rings (SSSR count). The van der Waals surface area contributed by atoms with Crippen LogP contribution < -0.4 is 4.74 Å². The molecular formula is C20H18F2O. The number of rotatable bonds is 4. The zero-order valence-corrected chi connectivity index (χ0v) is 12.9. The first-order chi connectivity index (χ1) is 11.1. The van der Waals surface area contributed by atoms with Crippen LogP contribution in [0.2, 0.25) is 0 Å². The monoisotopic (exact) mass is 312 g/mol. The number of hydrogen-bond acceptors (Lipinski definition) is 1. The van der Waals surface area contributed by atoms with Crippen molar-refractivity contribution in [2.45, 2.75) is 19.0 Å². The Labute approximate surface area is 134 Å². The smallest absolute Gasteiger partial charge is 0.161 e. The summed E-state index contributed by atoms with van der Waals surface area (Å²) >= 11 is 0. The fourth-order valence-corrected chi connectivity index (χ4v) is 2.87. The highest BCUT2D eigenvalue weighted by Crippen LogP contribution is 2.41. The minimum atomic E-state index is -1.84. The van der Waals surface area contributed by atoms with E-state index in [-0.39, 0.29) is 6.42 Å². The van der Waals surface area contributed by atoms with Crippen molar-refractivity contribution in [3.05, 3.63) is 78.1 Å². The van der Waals surface area contributed by atoms with Crippen molar-refractivity contribution in [2.75, 3.05) is 6.61 Å². The molecule has 0 amide bonds. The molecule has 0 aliphatic heterocycles. The number of alkyl halides is 1. The molecule has 1 aliphatic rings. The van der Waals surface area contributed by atoms with Crippen molar-refractivity contribution >= 4 is 0 Å². The minimum Gasteiger partial charge on any atom is -0.494 e. The van der Waals surface area contributed by atoms with E-state index in [4.69, 9.17) is 4.74 Å². The maximum absolute atomic E-state index is 15.4. The first kappa shape index (κ1) is 15.5. The molecule has 1 nitrogen and oxygen atoms in total. The third kappa shape index (κ3) is 3.19. The van der Waals surface area contributed by atoms with Crippen LogP contribution in [0.1, 0.15) is 18.9 Å². The van der Waals surface area contributed by atoms with Crippen LogP contribution in [0.25, 0.3) is 11.1 Å². The molecule has 1 aliphatic carbocycles. The standard InChI is InChI=1S/C20H18F2O/c1-2-23-17-9-5-7-15(13-17)18-10-3-4-11-19(18)20(22)12-6-8-16(21)14-20/h3-11,13-14H,2,12H2,1H3. The van der Waals surface area contributed by atoms with Crippen LogP contribution in [-0.4, -0.2) is 6.61 Å². The summed E-state index contributed by atoms with van der Waals surface area (Å²) < 4.78 is 34.4. The molecule has 2 aromatic carbocycles. The van der Waals surface area contributed by atoms with Crippen LogP contribution in [0.15, 0.2) is 72.6 Å². The number of halogens is 2. The Kier molecular flexibility index (Phi) is 4.28. The van der Waals surface area contributed by atoms with E-state index in [0.29, 0.717) is 12.2 Å². The second kappa shape index (κ2) is 6.37. The first-order valence-electron chi connectivity index (χ1n) is 7.69. The normalized spacial score (nSPS) is 20.2. The molecule has 2 aromatic rings. The Morgan fingerprint density at radius 1 is 1.13 bits per heavy atom. The van der Waals surface area contributed by atoms with Gasteiger partial charge < -0.3 is 4.74 Å². The maximum Gasteiger partial charge on any atom is 0.161 e. The van der Waals surface area contributed by atoms with Crippen LogP contribution >= 0.6 is 0 Å². The highest BCUT2D eigenvalue weighted by molar-refractivity contribution is 5.70. The van der Waals surface area contributed by atoms with Gasteiger partial charge in [-0.05, 0) is 42.3 Å². The second-order valence-corrected chi connectivity index (χ2v) is 5.50. The van der Waals surface area contributed by atoms with Crippen molar-refractivity contribution in [3.63, 3.8) is 0 Å². The van der Waals surface area contributed by atoms with Gasteiger partial charge in [-0.1, -0.05) is 42.5 Å². The molecule has 23 heavy (non-hydrogen) atoms. The topological polar surface area (TPSA) is 9.23 Å². The van der Waals surface area contributed by atoms with Crippen molar-refractivity contribution in [1.82, 2.24) is 0 Å². The van der Waals surface area contributed by atoms with Crippen LogP contribution in [0, 0.1) is 0 Å². The van der Waals surface area contributed by atoms with Gasteiger partial charge in [0, 0.05) is 12.0 Å². The predicted molar refractivity (Wildman–Crippen MR) is 88.8 cm³/mol. The maximum atomic E-state index is 15.4. The second-order valence-electron chi connectivity index (χ2n) is 5.50. The molecule has 3 heteroatoms. The summed E-state index contributed by atoms with van der Waals surface area (Å²) in [4.78, 5) is 0. The van der Waals surface area contributed by atoms with E-state index in [0.717, 1.165) is 23.0 Å². The molecule has 0 fully saturated rings. The quantitative estimate of drug-likeness (QED) is 0.700. The molecule has 0 bridgehead atoms. The lowest BCUT2D eigenvalue weighted by Gasteiger charge is -2.26. The van der Waals surface area contributed by atoms with Gasteiger partial charge in [-0.2, -0.15) is 0 Å². The lowest BCUT2D eigenvalue weighted by atomic mass is 9.84. The molecule has 0 spiro atoms. The zero-order valence-electron chi connectivity index (χ0n) is 12.9. The van der Waals surface area contributed by atoms with E-state index in [1.165, 1.54) is 12.2 Å². The first-order valence-corrected chi connectivity index (χ1v) is 7.69. The summed E-state index contributed by atoms with van der Waals surface area (Å²) in [6, 6.07) is 14.7. The largest absolute Gasteiger partial charge is 0.494 e. The van der Waals surface area contributed by atoms with Gasteiger partial charge >= 0.3 is 0 Å². The molecule has 0 aromatic heterocycles. The Morgan fingerprint density at radius 3 is 2.74 bits per heavy atom. The molecule has 0 N–H and O–H groups in total. The van der Waals surface area contributed by atoms with E-state index >= 15 is 4.39 Å². The van der Waals surface area contributed by atoms with E-state index in [1.54, 1.807) is 12.1 Å². The number of allylic oxidation sites excluding steroid dienone is 4. The zero-order chi connectivity index (χ0) is 16.3. The average Bonchev–Trinajstić information content (AvgIpc) is 2.55. The number of ether oxygens (including phenoxy) is 1.